The van der Waals surface area contributed by atoms with Gasteiger partial charge in [0.1, 0.15) is 23.0 Å². The van der Waals surface area contributed by atoms with Crippen molar-refractivity contribution in [3.63, 3.8) is 0 Å². The Labute approximate surface area is 258 Å². The van der Waals surface area contributed by atoms with Crippen LogP contribution in [0.3, 0.4) is 0 Å². The molecule has 2 fully saturated rings. The summed E-state index contributed by atoms with van der Waals surface area (Å²) in [4.78, 5) is 51.5. The van der Waals surface area contributed by atoms with Gasteiger partial charge in [-0.3, -0.25) is 24.4 Å². The second kappa shape index (κ2) is 12.2. The van der Waals surface area contributed by atoms with Crippen LogP contribution < -0.4 is 4.90 Å². The second-order valence-corrected chi connectivity index (χ2v) is 14.1. The van der Waals surface area contributed by atoms with Gasteiger partial charge in [0.15, 0.2) is 0 Å². The Morgan fingerprint density at radius 1 is 1.14 bits per heavy atom. The van der Waals surface area contributed by atoms with Gasteiger partial charge >= 0.3 is 6.09 Å². The number of anilines is 1. The average Bonchev–Trinajstić information content (AvgIpc) is 3.45. The molecule has 0 spiro atoms. The number of likely N-dealkylation sites (tertiary alicyclic amines) is 1. The molecule has 9 nitrogen and oxygen atoms in total. The summed E-state index contributed by atoms with van der Waals surface area (Å²) in [6, 6.07) is 4.98. The molecule has 1 aromatic carbocycles. The van der Waals surface area contributed by atoms with E-state index in [-0.39, 0.29) is 48.2 Å². The van der Waals surface area contributed by atoms with Crippen LogP contribution in [0.25, 0.3) is 0 Å². The monoisotopic (exact) mass is 611 g/mol. The summed E-state index contributed by atoms with van der Waals surface area (Å²) in [5.74, 6) is -1.16. The van der Waals surface area contributed by atoms with E-state index in [1.807, 2.05) is 33.8 Å². The average molecular weight is 612 g/mol. The fraction of sp³-hybridized carbons (Fsp3) is 0.576. The van der Waals surface area contributed by atoms with E-state index < -0.39 is 17.2 Å². The van der Waals surface area contributed by atoms with Gasteiger partial charge in [-0.1, -0.05) is 19.9 Å². The van der Waals surface area contributed by atoms with Crippen molar-refractivity contribution in [3.8, 4) is 0 Å². The van der Waals surface area contributed by atoms with E-state index in [2.05, 4.69) is 28.6 Å². The van der Waals surface area contributed by atoms with Gasteiger partial charge in [0, 0.05) is 86.6 Å². The number of amides is 2. The van der Waals surface area contributed by atoms with E-state index >= 15 is 0 Å². The molecule has 2 amide bonds. The van der Waals surface area contributed by atoms with Crippen molar-refractivity contribution in [2.24, 2.45) is 0 Å². The Morgan fingerprint density at radius 3 is 2.55 bits per heavy atom. The summed E-state index contributed by atoms with van der Waals surface area (Å²) in [7, 11) is 0. The van der Waals surface area contributed by atoms with Crippen molar-refractivity contribution in [1.82, 2.24) is 19.7 Å². The number of hydrogen-bond acceptors (Lipinski definition) is 7. The number of pyridine rings is 1. The first kappa shape index (κ1) is 32.0. The third kappa shape index (κ3) is 7.10. The van der Waals surface area contributed by atoms with Crippen LogP contribution in [0.15, 0.2) is 30.5 Å². The summed E-state index contributed by atoms with van der Waals surface area (Å²) >= 11 is 0. The summed E-state index contributed by atoms with van der Waals surface area (Å²) in [5.41, 5.74) is 1.62. The fourth-order valence-corrected chi connectivity index (χ4v) is 6.43. The summed E-state index contributed by atoms with van der Waals surface area (Å²) in [6.45, 7) is 14.7. The molecule has 2 saturated heterocycles. The number of ketones is 1. The minimum Gasteiger partial charge on any atom is -0.444 e. The number of hydrogen-bond donors (Lipinski definition) is 0. The molecule has 0 N–H and O–H groups in total. The number of carbonyl (C=O) groups excluding carboxylic acids is 3. The SMILES string of the molecule is C[C@@H]1CN(CC(=O)N2CC(C)(C)c3cnc(Cc4ccc(F)cc4F)cc32)[C@@H](CN2CCC(=O)C2)CN1C(=O)OC(C)(C)C. The molecule has 0 aliphatic carbocycles. The zero-order chi connectivity index (χ0) is 32.0. The van der Waals surface area contributed by atoms with Crippen LogP contribution in [0.4, 0.5) is 19.3 Å². The summed E-state index contributed by atoms with van der Waals surface area (Å²) < 4.78 is 33.5. The lowest BCUT2D eigenvalue weighted by Crippen LogP contribution is -2.63. The highest BCUT2D eigenvalue weighted by molar-refractivity contribution is 5.97. The number of halogens is 2. The highest BCUT2D eigenvalue weighted by Gasteiger charge is 2.42. The fourth-order valence-electron chi connectivity index (χ4n) is 6.43. The minimum atomic E-state index is -0.637. The first-order valence-electron chi connectivity index (χ1n) is 15.3. The third-order valence-electron chi connectivity index (χ3n) is 8.70. The molecule has 3 aliphatic heterocycles. The maximum atomic E-state index is 14.4. The number of ether oxygens (including phenoxy) is 1. The number of benzene rings is 1. The number of aromatic nitrogens is 1. The molecule has 2 atom stereocenters. The van der Waals surface area contributed by atoms with Gasteiger partial charge in [0.2, 0.25) is 5.91 Å². The molecule has 0 saturated carbocycles. The summed E-state index contributed by atoms with van der Waals surface area (Å²) in [6.07, 6.45) is 2.05. The maximum absolute atomic E-state index is 14.4. The van der Waals surface area contributed by atoms with Gasteiger partial charge in [0.05, 0.1) is 18.8 Å². The number of nitrogens with zero attached hydrogens (tertiary/aromatic N) is 5. The highest BCUT2D eigenvalue weighted by Crippen LogP contribution is 2.41. The van der Waals surface area contributed by atoms with Crippen molar-refractivity contribution in [1.29, 1.82) is 0 Å². The number of piperazine rings is 1. The van der Waals surface area contributed by atoms with Crippen molar-refractivity contribution in [3.05, 3.63) is 58.9 Å². The molecule has 1 aromatic heterocycles. The van der Waals surface area contributed by atoms with E-state index in [4.69, 9.17) is 4.74 Å². The molecule has 44 heavy (non-hydrogen) atoms. The van der Waals surface area contributed by atoms with Crippen LogP contribution in [0.1, 0.15) is 64.8 Å². The molecule has 11 heteroatoms. The van der Waals surface area contributed by atoms with Gasteiger partial charge < -0.3 is 14.5 Å². The van der Waals surface area contributed by atoms with Crippen LogP contribution in [0.5, 0.6) is 0 Å². The Kier molecular flexibility index (Phi) is 8.83. The molecule has 2 aromatic rings. The Morgan fingerprint density at radius 2 is 1.89 bits per heavy atom. The van der Waals surface area contributed by atoms with Gasteiger partial charge in [-0.05, 0) is 45.4 Å². The lowest BCUT2D eigenvalue weighted by Gasteiger charge is -2.46. The topological polar surface area (TPSA) is 86.3 Å². The predicted octanol–water partition coefficient (Wildman–Crippen LogP) is 4.16. The molecule has 238 valence electrons. The minimum absolute atomic E-state index is 0.0812. The molecule has 5 rings (SSSR count). The lowest BCUT2D eigenvalue weighted by molar-refractivity contribution is -0.122. The molecule has 0 bridgehead atoms. The highest BCUT2D eigenvalue weighted by atomic mass is 19.1. The molecule has 0 radical (unpaired) electrons. The molecular weight excluding hydrogens is 568 g/mol. The van der Waals surface area contributed by atoms with E-state index in [1.54, 1.807) is 16.0 Å². The van der Waals surface area contributed by atoms with Crippen LogP contribution >= 0.6 is 0 Å². The zero-order valence-corrected chi connectivity index (χ0v) is 26.5. The quantitative estimate of drug-likeness (QED) is 0.485. The normalized spacial score (nSPS) is 22.4. The summed E-state index contributed by atoms with van der Waals surface area (Å²) in [5, 5.41) is 0. The van der Waals surface area contributed by atoms with Crippen LogP contribution in [-0.4, -0.2) is 101 Å². The van der Waals surface area contributed by atoms with Gasteiger partial charge in [-0.25, -0.2) is 13.6 Å². The standard InChI is InChI=1S/C33H43F2N5O4/c1-21-15-38(25(16-37-10-9-26(41)18-37)17-39(21)31(43)44-32(2,3)4)19-30(42)40-20-33(5,6)27-14-36-24(13-29(27)40)11-22-7-8-23(34)12-28(22)35/h7-8,12-14,21,25H,9-11,15-20H2,1-6H3/t21-,25+/m1/s1. The Bertz CT molecular complexity index is 1440. The van der Waals surface area contributed by atoms with Gasteiger partial charge in [-0.2, -0.15) is 0 Å². The number of Topliss-reactive ketones (excluding diaryl/α,β-unsaturated/α-hetero) is 1. The molecule has 0 unspecified atom stereocenters. The maximum Gasteiger partial charge on any atom is 0.410 e. The van der Waals surface area contributed by atoms with Gasteiger partial charge in [0.25, 0.3) is 0 Å². The van der Waals surface area contributed by atoms with Crippen LogP contribution in [0, 0.1) is 11.6 Å². The molecule has 4 heterocycles. The van der Waals surface area contributed by atoms with Crippen LogP contribution in [0.2, 0.25) is 0 Å². The smallest absolute Gasteiger partial charge is 0.410 e. The van der Waals surface area contributed by atoms with E-state index in [1.165, 1.54) is 12.1 Å². The first-order valence-corrected chi connectivity index (χ1v) is 15.3. The zero-order valence-electron chi connectivity index (χ0n) is 26.5. The number of carbonyl (C=O) groups is 3. The Balaban J connectivity index is 1.36. The van der Waals surface area contributed by atoms with Crippen molar-refractivity contribution < 1.29 is 27.9 Å². The van der Waals surface area contributed by atoms with Crippen LogP contribution in [-0.2, 0) is 26.2 Å². The number of fused-ring (bicyclic) bond motifs is 1. The van der Waals surface area contributed by atoms with Crippen molar-refractivity contribution in [2.75, 3.05) is 50.7 Å². The lowest BCUT2D eigenvalue weighted by atomic mass is 9.88. The predicted molar refractivity (Wildman–Crippen MR) is 163 cm³/mol. The van der Waals surface area contributed by atoms with Crippen molar-refractivity contribution in [2.45, 2.75) is 77.5 Å². The molecule has 3 aliphatic rings. The van der Waals surface area contributed by atoms with E-state index in [9.17, 15) is 23.2 Å². The van der Waals surface area contributed by atoms with Gasteiger partial charge in [-0.15, -0.1) is 0 Å². The Hall–Kier alpha value is -3.44. The largest absolute Gasteiger partial charge is 0.444 e. The molecular formula is C33H43F2N5O4. The number of rotatable bonds is 6. The third-order valence-corrected chi connectivity index (χ3v) is 8.70. The van der Waals surface area contributed by atoms with Crippen molar-refractivity contribution >= 4 is 23.5 Å². The second-order valence-electron chi connectivity index (χ2n) is 14.1. The van der Waals surface area contributed by atoms with E-state index in [0.717, 1.165) is 17.3 Å². The van der Waals surface area contributed by atoms with E-state index in [0.29, 0.717) is 56.9 Å². The first-order chi connectivity index (χ1) is 20.6.